The zero-order chi connectivity index (χ0) is 19.5. The van der Waals surface area contributed by atoms with Crippen LogP contribution >= 0.6 is 0 Å². The lowest BCUT2D eigenvalue weighted by molar-refractivity contribution is 0.659. The van der Waals surface area contributed by atoms with Gasteiger partial charge in [-0.1, -0.05) is 49.7 Å². The van der Waals surface area contributed by atoms with Crippen LogP contribution in [0.15, 0.2) is 64.2 Å². The van der Waals surface area contributed by atoms with Crippen LogP contribution in [0, 0.1) is 0 Å². The number of aryl methyl sites for hydroxylation is 3. The van der Waals surface area contributed by atoms with Gasteiger partial charge in [0.1, 0.15) is 0 Å². The Morgan fingerprint density at radius 1 is 0.964 bits per heavy atom. The molecular formula is C23H23N3O2. The van der Waals surface area contributed by atoms with Crippen LogP contribution < -0.4 is 11.1 Å². The van der Waals surface area contributed by atoms with Gasteiger partial charge in [-0.15, -0.1) is 0 Å². The highest BCUT2D eigenvalue weighted by Gasteiger charge is 2.17. The van der Waals surface area contributed by atoms with Crippen molar-refractivity contribution in [3.05, 3.63) is 86.4 Å². The average Bonchev–Trinajstić information content (AvgIpc) is 2.69. The number of aromatic amines is 1. The normalized spacial score (nSPS) is 11.3. The van der Waals surface area contributed by atoms with Gasteiger partial charge in [-0.3, -0.25) is 14.6 Å². The summed E-state index contributed by atoms with van der Waals surface area (Å²) >= 11 is 0. The largest absolute Gasteiger partial charge is 0.338 e. The fraction of sp³-hybridized carbons (Fsp3) is 0.261. The van der Waals surface area contributed by atoms with Gasteiger partial charge in [0.25, 0.3) is 11.1 Å². The van der Waals surface area contributed by atoms with Crippen molar-refractivity contribution in [1.29, 1.82) is 0 Å². The molecule has 142 valence electrons. The van der Waals surface area contributed by atoms with E-state index < -0.39 is 11.1 Å². The molecule has 2 aliphatic rings. The number of benzene rings is 2. The number of hydrogen-bond acceptors (Lipinski definition) is 3. The molecule has 0 aromatic heterocycles. The predicted octanol–water partition coefficient (Wildman–Crippen LogP) is 3.77. The first-order valence-corrected chi connectivity index (χ1v) is 9.76. The quantitative estimate of drug-likeness (QED) is 0.523. The Morgan fingerprint density at radius 2 is 1.79 bits per heavy atom. The fourth-order valence-electron chi connectivity index (χ4n) is 3.74. The number of aromatic nitrogens is 3. The van der Waals surface area contributed by atoms with Crippen LogP contribution in [-0.4, -0.2) is 14.5 Å². The molecule has 0 radical (unpaired) electrons. The third-order valence-electron chi connectivity index (χ3n) is 5.04. The molecule has 5 heteroatoms. The van der Waals surface area contributed by atoms with Crippen molar-refractivity contribution in [3.63, 3.8) is 0 Å². The monoisotopic (exact) mass is 373 g/mol. The van der Waals surface area contributed by atoms with Gasteiger partial charge in [0, 0.05) is 12.6 Å². The molecule has 0 unspecified atom stereocenters. The van der Waals surface area contributed by atoms with Crippen LogP contribution in [0.1, 0.15) is 30.9 Å². The fourth-order valence-corrected chi connectivity index (χ4v) is 3.74. The molecule has 0 fully saturated rings. The summed E-state index contributed by atoms with van der Waals surface area (Å²) in [6, 6.07) is 18.0. The molecule has 0 saturated heterocycles. The number of pyridine rings is 1. The molecule has 1 N–H and O–H groups in total. The molecule has 2 heterocycles. The van der Waals surface area contributed by atoms with E-state index >= 15 is 0 Å². The van der Waals surface area contributed by atoms with Crippen molar-refractivity contribution in [2.24, 2.45) is 0 Å². The van der Waals surface area contributed by atoms with Gasteiger partial charge in [0.15, 0.2) is 5.69 Å². The number of hydrogen-bond donors (Lipinski definition) is 1. The van der Waals surface area contributed by atoms with Gasteiger partial charge in [0.05, 0.1) is 16.7 Å². The average molecular weight is 373 g/mol. The number of nitrogens with zero attached hydrogens (tertiary/aromatic N) is 2. The molecule has 0 aliphatic carbocycles. The first kappa shape index (κ1) is 18.2. The van der Waals surface area contributed by atoms with Gasteiger partial charge >= 0.3 is 0 Å². The highest BCUT2D eigenvalue weighted by Crippen LogP contribution is 2.24. The summed E-state index contributed by atoms with van der Waals surface area (Å²) in [5, 5.41) is 0. The van der Waals surface area contributed by atoms with E-state index in [1.165, 1.54) is 17.2 Å². The topological polar surface area (TPSA) is 67.8 Å². The molecule has 2 aromatic carbocycles. The zero-order valence-corrected chi connectivity index (χ0v) is 15.9. The van der Waals surface area contributed by atoms with E-state index in [-0.39, 0.29) is 0 Å². The van der Waals surface area contributed by atoms with E-state index in [1.807, 2.05) is 18.2 Å². The van der Waals surface area contributed by atoms with Crippen molar-refractivity contribution in [1.82, 2.24) is 14.5 Å². The number of nitrogens with one attached hydrogen (secondary N) is 1. The number of H-pyrrole nitrogens is 1. The Bertz CT molecular complexity index is 1190. The van der Waals surface area contributed by atoms with E-state index in [4.69, 9.17) is 0 Å². The van der Waals surface area contributed by atoms with Gasteiger partial charge in [-0.25, -0.2) is 4.98 Å². The second-order valence-corrected chi connectivity index (χ2v) is 7.12. The van der Waals surface area contributed by atoms with Crippen molar-refractivity contribution < 1.29 is 0 Å². The van der Waals surface area contributed by atoms with E-state index in [9.17, 15) is 9.59 Å². The maximum atomic E-state index is 12.4. The van der Waals surface area contributed by atoms with Crippen molar-refractivity contribution in [2.45, 2.75) is 39.2 Å². The number of rotatable bonds is 6. The summed E-state index contributed by atoms with van der Waals surface area (Å²) in [6.07, 6.45) is 3.86. The molecule has 0 amide bonds. The van der Waals surface area contributed by atoms with Crippen LogP contribution in [0.25, 0.3) is 22.4 Å². The first-order valence-electron chi connectivity index (χ1n) is 9.76. The van der Waals surface area contributed by atoms with Crippen molar-refractivity contribution in [2.75, 3.05) is 0 Å². The third kappa shape index (κ3) is 3.60. The van der Waals surface area contributed by atoms with E-state index in [2.05, 4.69) is 51.8 Å². The molecule has 4 rings (SSSR count). The highest BCUT2D eigenvalue weighted by molar-refractivity contribution is 5.80. The summed E-state index contributed by atoms with van der Waals surface area (Å²) < 4.78 is 2.06. The predicted molar refractivity (Wildman–Crippen MR) is 112 cm³/mol. The smallest absolute Gasteiger partial charge is 0.278 e. The van der Waals surface area contributed by atoms with Gasteiger partial charge < -0.3 is 4.57 Å². The minimum Gasteiger partial charge on any atom is -0.338 e. The first-order chi connectivity index (χ1) is 13.7. The van der Waals surface area contributed by atoms with Crippen LogP contribution in [0.3, 0.4) is 0 Å². The summed E-state index contributed by atoms with van der Waals surface area (Å²) in [5.41, 5.74) is 4.32. The van der Waals surface area contributed by atoms with Crippen LogP contribution in [0.4, 0.5) is 0 Å². The molecule has 0 saturated carbocycles. The summed E-state index contributed by atoms with van der Waals surface area (Å²) in [5.74, 6) is 0. The molecule has 28 heavy (non-hydrogen) atoms. The van der Waals surface area contributed by atoms with Gasteiger partial charge in [-0.2, -0.15) is 0 Å². The molecule has 2 aliphatic heterocycles. The second kappa shape index (κ2) is 7.80. The third-order valence-corrected chi connectivity index (χ3v) is 5.04. The lowest BCUT2D eigenvalue weighted by atomic mass is 10.1. The van der Waals surface area contributed by atoms with E-state index in [1.54, 1.807) is 0 Å². The number of fused-ring (bicyclic) bond motifs is 2. The Kier molecular flexibility index (Phi) is 5.06. The highest BCUT2D eigenvalue weighted by atomic mass is 16.2. The van der Waals surface area contributed by atoms with Crippen LogP contribution in [0.2, 0.25) is 0 Å². The Labute approximate surface area is 163 Å². The Morgan fingerprint density at radius 3 is 2.57 bits per heavy atom. The molecule has 0 bridgehead atoms. The SMILES string of the molecule is CCCc1ccc2c(c1)nc1c(=O)[nH]c(=O)cc-1n2CCCc1ccccc1. The van der Waals surface area contributed by atoms with Gasteiger partial charge in [0.2, 0.25) is 0 Å². The summed E-state index contributed by atoms with van der Waals surface area (Å²) in [6.45, 7) is 2.85. The standard InChI is InChI=1S/C23H23N3O2/c1-2-7-17-11-12-19-18(14-17)24-22-20(15-21(27)25-23(22)28)26(19)13-6-10-16-8-4-3-5-9-16/h3-5,8-9,11-12,14-15H,2,6-7,10,13H2,1H3,(H,25,27,28). The van der Waals surface area contributed by atoms with Crippen LogP contribution in [-0.2, 0) is 19.4 Å². The maximum Gasteiger partial charge on any atom is 0.278 e. The van der Waals surface area contributed by atoms with Gasteiger partial charge in [-0.05, 0) is 42.5 Å². The second-order valence-electron chi connectivity index (χ2n) is 7.12. The van der Waals surface area contributed by atoms with E-state index in [0.717, 1.165) is 36.7 Å². The molecular weight excluding hydrogens is 350 g/mol. The lowest BCUT2D eigenvalue weighted by Gasteiger charge is -2.18. The van der Waals surface area contributed by atoms with Crippen LogP contribution in [0.5, 0.6) is 0 Å². The minimum absolute atomic E-state index is 0.320. The van der Waals surface area contributed by atoms with Crippen molar-refractivity contribution in [3.8, 4) is 11.4 Å². The zero-order valence-electron chi connectivity index (χ0n) is 15.9. The molecule has 0 atom stereocenters. The lowest BCUT2D eigenvalue weighted by Crippen LogP contribution is -2.25. The molecule has 0 spiro atoms. The Hall–Kier alpha value is -3.21. The van der Waals surface area contributed by atoms with E-state index in [0.29, 0.717) is 17.9 Å². The van der Waals surface area contributed by atoms with Crippen molar-refractivity contribution >= 4 is 11.0 Å². The summed E-state index contributed by atoms with van der Waals surface area (Å²) in [4.78, 5) is 31.2. The summed E-state index contributed by atoms with van der Waals surface area (Å²) in [7, 11) is 0. The minimum atomic E-state index is -0.429. The molecule has 2 aromatic rings. The Balaban J connectivity index is 1.80. The molecule has 5 nitrogen and oxygen atoms in total. The maximum absolute atomic E-state index is 12.4.